The lowest BCUT2D eigenvalue weighted by molar-refractivity contribution is -0.120. The Labute approximate surface area is 173 Å². The molecular weight excluding hydrogens is 397 g/mol. The van der Waals surface area contributed by atoms with Crippen molar-refractivity contribution in [3.8, 4) is 17.2 Å². The van der Waals surface area contributed by atoms with E-state index in [0.717, 1.165) is 48.0 Å². The molecule has 0 atom stereocenters. The van der Waals surface area contributed by atoms with Gasteiger partial charge in [0.25, 0.3) is 0 Å². The predicted octanol–water partition coefficient (Wildman–Crippen LogP) is 4.11. The first-order chi connectivity index (χ1) is 13.2. The summed E-state index contributed by atoms with van der Waals surface area (Å²) in [7, 11) is 0. The molecule has 0 bridgehead atoms. The lowest BCUT2D eigenvalue weighted by Crippen LogP contribution is -2.34. The first kappa shape index (κ1) is 20.2. The van der Waals surface area contributed by atoms with Gasteiger partial charge in [0.1, 0.15) is 0 Å². The summed E-state index contributed by atoms with van der Waals surface area (Å²) in [6.07, 6.45) is 1.66. The highest BCUT2D eigenvalue weighted by Crippen LogP contribution is 2.32. The van der Waals surface area contributed by atoms with Gasteiger partial charge in [-0.05, 0) is 61.8 Å². The zero-order valence-electron chi connectivity index (χ0n) is 15.0. The molecule has 144 valence electrons. The number of aromatic amines is 1. The van der Waals surface area contributed by atoms with Crippen molar-refractivity contribution in [1.29, 1.82) is 5.26 Å². The molecule has 0 aliphatic carbocycles. The molecule has 0 radical (unpaired) electrons. The Morgan fingerprint density at radius 2 is 2.00 bits per heavy atom. The summed E-state index contributed by atoms with van der Waals surface area (Å²) in [5, 5.41) is 24.0. The summed E-state index contributed by atoms with van der Waals surface area (Å²) in [4.78, 5) is 12.6. The molecule has 1 saturated heterocycles. The summed E-state index contributed by atoms with van der Waals surface area (Å²) in [5.41, 5.74) is 3.01. The molecule has 1 aromatic heterocycles. The number of fused-ring (bicyclic) bond motifs is 1. The molecule has 1 amide bonds. The third kappa shape index (κ3) is 3.97. The van der Waals surface area contributed by atoms with Gasteiger partial charge in [-0.1, -0.05) is 17.7 Å². The maximum Gasteiger partial charge on any atom is 0.228 e. The normalized spacial score (nSPS) is 14.3. The largest absolute Gasteiger partial charge is 0.317 e. The number of nitrogens with one attached hydrogen (secondary N) is 3. The summed E-state index contributed by atoms with van der Waals surface area (Å²) in [5.74, 6) is 0.519. The van der Waals surface area contributed by atoms with Crippen LogP contribution in [-0.4, -0.2) is 29.2 Å². The number of piperidine rings is 1. The fourth-order valence-corrected chi connectivity index (χ4v) is 3.62. The van der Waals surface area contributed by atoms with E-state index in [9.17, 15) is 4.79 Å². The number of H-pyrrole nitrogens is 1. The Bertz CT molecular complexity index is 1050. The van der Waals surface area contributed by atoms with Crippen molar-refractivity contribution >= 4 is 46.6 Å². The van der Waals surface area contributed by atoms with Gasteiger partial charge in [0.2, 0.25) is 5.91 Å². The Morgan fingerprint density at radius 1 is 1.21 bits per heavy atom. The van der Waals surface area contributed by atoms with E-state index >= 15 is 0 Å². The fourth-order valence-electron chi connectivity index (χ4n) is 3.40. The highest BCUT2D eigenvalue weighted by Gasteiger charge is 2.22. The maximum atomic E-state index is 12.6. The second-order valence-corrected chi connectivity index (χ2v) is 7.06. The minimum Gasteiger partial charge on any atom is -0.317 e. The molecule has 0 unspecified atom stereocenters. The average Bonchev–Trinajstić information content (AvgIpc) is 3.11. The van der Waals surface area contributed by atoms with Crippen molar-refractivity contribution in [3.05, 3.63) is 47.0 Å². The molecule has 1 fully saturated rings. The van der Waals surface area contributed by atoms with Gasteiger partial charge in [-0.2, -0.15) is 10.4 Å². The number of nitrogens with zero attached hydrogens (tertiary/aromatic N) is 2. The molecule has 1 aliphatic heterocycles. The SMILES string of the molecule is Cl.N#Cc1ccc(Cl)c(-c2ccc3[nH]nc(NC(=O)C4CCNCC4)c3c2)c1. The molecule has 2 heterocycles. The number of rotatable bonds is 3. The van der Waals surface area contributed by atoms with E-state index in [0.29, 0.717) is 16.4 Å². The summed E-state index contributed by atoms with van der Waals surface area (Å²) in [6, 6.07) is 13.0. The van der Waals surface area contributed by atoms with E-state index in [1.54, 1.807) is 18.2 Å². The van der Waals surface area contributed by atoms with E-state index in [-0.39, 0.29) is 24.2 Å². The molecular formula is C20H19Cl2N5O. The summed E-state index contributed by atoms with van der Waals surface area (Å²) < 4.78 is 0. The van der Waals surface area contributed by atoms with Gasteiger partial charge in [-0.3, -0.25) is 9.89 Å². The van der Waals surface area contributed by atoms with Gasteiger partial charge in [-0.15, -0.1) is 12.4 Å². The Morgan fingerprint density at radius 3 is 2.75 bits per heavy atom. The van der Waals surface area contributed by atoms with Crippen LogP contribution in [0.3, 0.4) is 0 Å². The van der Waals surface area contributed by atoms with Crippen LogP contribution in [0.1, 0.15) is 18.4 Å². The monoisotopic (exact) mass is 415 g/mol. The molecule has 4 rings (SSSR count). The molecule has 28 heavy (non-hydrogen) atoms. The van der Waals surface area contributed by atoms with Gasteiger partial charge < -0.3 is 10.6 Å². The van der Waals surface area contributed by atoms with Crippen molar-refractivity contribution in [2.45, 2.75) is 12.8 Å². The predicted molar refractivity (Wildman–Crippen MR) is 113 cm³/mol. The molecule has 2 aromatic carbocycles. The van der Waals surface area contributed by atoms with E-state index in [1.165, 1.54) is 0 Å². The van der Waals surface area contributed by atoms with Crippen LogP contribution >= 0.6 is 24.0 Å². The maximum absolute atomic E-state index is 12.6. The van der Waals surface area contributed by atoms with Gasteiger partial charge in [0.05, 0.1) is 17.1 Å². The Balaban J connectivity index is 0.00000225. The fraction of sp³-hybridized carbons (Fsp3) is 0.250. The van der Waals surface area contributed by atoms with Crippen molar-refractivity contribution in [2.24, 2.45) is 5.92 Å². The van der Waals surface area contributed by atoms with Gasteiger partial charge in [0, 0.05) is 21.9 Å². The van der Waals surface area contributed by atoms with Gasteiger partial charge in [0.15, 0.2) is 5.82 Å². The van der Waals surface area contributed by atoms with E-state index in [1.807, 2.05) is 18.2 Å². The van der Waals surface area contributed by atoms with Gasteiger partial charge in [-0.25, -0.2) is 0 Å². The average molecular weight is 416 g/mol. The van der Waals surface area contributed by atoms with E-state index in [2.05, 4.69) is 26.9 Å². The van der Waals surface area contributed by atoms with Crippen LogP contribution in [0.5, 0.6) is 0 Å². The van der Waals surface area contributed by atoms with E-state index in [4.69, 9.17) is 16.9 Å². The van der Waals surface area contributed by atoms with Crippen LogP contribution in [0.15, 0.2) is 36.4 Å². The number of aromatic nitrogens is 2. The summed E-state index contributed by atoms with van der Waals surface area (Å²) >= 11 is 6.33. The number of hydrogen-bond acceptors (Lipinski definition) is 4. The standard InChI is InChI=1S/C20H18ClN5O.ClH/c21-17-3-1-12(11-22)9-15(17)14-2-4-18-16(10-14)19(26-25-18)24-20(27)13-5-7-23-8-6-13;/h1-4,9-10,13,23H,5-8H2,(H2,24,25,26,27);1H. The number of amides is 1. The van der Waals surface area contributed by atoms with Crippen LogP contribution in [0, 0.1) is 17.2 Å². The van der Waals surface area contributed by atoms with Crippen molar-refractivity contribution in [2.75, 3.05) is 18.4 Å². The van der Waals surface area contributed by atoms with Crippen LogP contribution in [0.25, 0.3) is 22.0 Å². The quantitative estimate of drug-likeness (QED) is 0.599. The second-order valence-electron chi connectivity index (χ2n) is 6.65. The zero-order chi connectivity index (χ0) is 18.8. The molecule has 3 N–H and O–H groups in total. The van der Waals surface area contributed by atoms with Crippen LogP contribution in [0.4, 0.5) is 5.82 Å². The number of carbonyl (C=O) groups excluding carboxylic acids is 1. The first-order valence-corrected chi connectivity index (χ1v) is 9.23. The molecule has 1 aliphatic rings. The third-order valence-electron chi connectivity index (χ3n) is 4.92. The number of halogens is 2. The van der Waals surface area contributed by atoms with Crippen molar-refractivity contribution in [1.82, 2.24) is 15.5 Å². The van der Waals surface area contributed by atoms with Crippen molar-refractivity contribution in [3.63, 3.8) is 0 Å². The smallest absolute Gasteiger partial charge is 0.228 e. The third-order valence-corrected chi connectivity index (χ3v) is 5.25. The van der Waals surface area contributed by atoms with Crippen LogP contribution in [0.2, 0.25) is 5.02 Å². The minimum atomic E-state index is -0.000173. The minimum absolute atomic E-state index is 0. The number of hydrogen-bond donors (Lipinski definition) is 3. The number of anilines is 1. The molecule has 8 heteroatoms. The molecule has 0 saturated carbocycles. The Hall–Kier alpha value is -2.59. The number of nitriles is 1. The molecule has 6 nitrogen and oxygen atoms in total. The lowest BCUT2D eigenvalue weighted by atomic mass is 9.97. The number of carbonyl (C=O) groups is 1. The summed E-state index contributed by atoms with van der Waals surface area (Å²) in [6.45, 7) is 1.72. The van der Waals surface area contributed by atoms with Gasteiger partial charge >= 0.3 is 0 Å². The van der Waals surface area contributed by atoms with Crippen molar-refractivity contribution < 1.29 is 4.79 Å². The Kier molecular flexibility index (Phi) is 6.20. The topological polar surface area (TPSA) is 93.6 Å². The zero-order valence-corrected chi connectivity index (χ0v) is 16.5. The second kappa shape index (κ2) is 8.61. The lowest BCUT2D eigenvalue weighted by Gasteiger charge is -2.21. The van der Waals surface area contributed by atoms with Crippen LogP contribution in [-0.2, 0) is 4.79 Å². The number of benzene rings is 2. The first-order valence-electron chi connectivity index (χ1n) is 8.85. The highest BCUT2D eigenvalue weighted by molar-refractivity contribution is 6.33. The van der Waals surface area contributed by atoms with Crippen LogP contribution < -0.4 is 10.6 Å². The molecule has 3 aromatic rings. The highest BCUT2D eigenvalue weighted by atomic mass is 35.5. The molecule has 0 spiro atoms. The van der Waals surface area contributed by atoms with E-state index < -0.39 is 0 Å².